The summed E-state index contributed by atoms with van der Waals surface area (Å²) in [5.74, 6) is 0.759. The Bertz CT molecular complexity index is 677. The summed E-state index contributed by atoms with van der Waals surface area (Å²) in [4.78, 5) is 11.0. The molecule has 88 valence electrons. The summed E-state index contributed by atoms with van der Waals surface area (Å²) in [6, 6.07) is 11.6. The van der Waals surface area contributed by atoms with E-state index in [2.05, 4.69) is 15.9 Å². The Kier molecular flexibility index (Phi) is 2.76. The number of halogens is 1. The second kappa shape index (κ2) is 4.42. The molecule has 18 heavy (non-hydrogen) atoms. The number of hydrogen-bond donors (Lipinski definition) is 0. The lowest BCUT2D eigenvalue weighted by atomic mass is 10.0. The smallest absolute Gasteiger partial charge is 0.169 e. The molecule has 1 aliphatic rings. The topological polar surface area (TPSA) is 30.2 Å². The minimum Gasteiger partial charge on any atom is -0.450 e. The summed E-state index contributed by atoms with van der Waals surface area (Å²) in [6.07, 6.45) is 4.70. The van der Waals surface area contributed by atoms with E-state index < -0.39 is 0 Å². The molecular formula is C15H9BrO2. The Balaban J connectivity index is 2.12. The van der Waals surface area contributed by atoms with E-state index in [1.807, 2.05) is 48.6 Å². The number of allylic oxidation sites excluding steroid dienone is 3. The van der Waals surface area contributed by atoms with E-state index >= 15 is 0 Å². The van der Waals surface area contributed by atoms with Crippen molar-refractivity contribution in [2.45, 2.75) is 0 Å². The summed E-state index contributed by atoms with van der Waals surface area (Å²) < 4.78 is 6.15. The van der Waals surface area contributed by atoms with E-state index in [0.29, 0.717) is 10.2 Å². The molecule has 1 heterocycles. The van der Waals surface area contributed by atoms with E-state index in [9.17, 15) is 4.79 Å². The molecular weight excluding hydrogens is 292 g/mol. The van der Waals surface area contributed by atoms with E-state index in [1.165, 1.54) is 0 Å². The molecule has 0 N–H and O–H groups in total. The first-order valence-corrected chi connectivity index (χ1v) is 6.31. The van der Waals surface area contributed by atoms with Gasteiger partial charge < -0.3 is 4.42 Å². The monoisotopic (exact) mass is 300 g/mol. The fourth-order valence-electron chi connectivity index (χ4n) is 2.09. The summed E-state index contributed by atoms with van der Waals surface area (Å²) in [7, 11) is 0. The number of furan rings is 1. The maximum atomic E-state index is 11.0. The molecule has 1 aromatic heterocycles. The maximum Gasteiger partial charge on any atom is 0.169 e. The maximum absolute atomic E-state index is 11.0. The van der Waals surface area contributed by atoms with Crippen LogP contribution < -0.4 is 0 Å². The van der Waals surface area contributed by atoms with Crippen LogP contribution >= 0.6 is 15.9 Å². The highest BCUT2D eigenvalue weighted by molar-refractivity contribution is 9.10. The zero-order chi connectivity index (χ0) is 12.5. The van der Waals surface area contributed by atoms with Gasteiger partial charge in [0.1, 0.15) is 5.76 Å². The van der Waals surface area contributed by atoms with Crippen molar-refractivity contribution in [2.24, 2.45) is 0 Å². The van der Waals surface area contributed by atoms with Gasteiger partial charge in [-0.05, 0) is 56.9 Å². The van der Waals surface area contributed by atoms with Crippen molar-refractivity contribution in [2.75, 3.05) is 0 Å². The van der Waals surface area contributed by atoms with Gasteiger partial charge >= 0.3 is 0 Å². The first kappa shape index (κ1) is 11.2. The lowest BCUT2D eigenvalue weighted by Crippen LogP contribution is -1.83. The zero-order valence-corrected chi connectivity index (χ0v) is 11.0. The molecule has 0 radical (unpaired) electrons. The van der Waals surface area contributed by atoms with Crippen molar-refractivity contribution in [1.82, 2.24) is 0 Å². The van der Waals surface area contributed by atoms with E-state index in [0.717, 1.165) is 28.7 Å². The molecule has 0 saturated heterocycles. The van der Waals surface area contributed by atoms with Gasteiger partial charge in [-0.25, -0.2) is 0 Å². The van der Waals surface area contributed by atoms with Gasteiger partial charge in [0.05, 0.1) is 0 Å². The van der Waals surface area contributed by atoms with Crippen LogP contribution in [0.3, 0.4) is 0 Å². The molecule has 3 heteroatoms. The number of carbonyl (C=O) groups is 1. The quantitative estimate of drug-likeness (QED) is 0.779. The minimum atomic E-state index is 0.695. The van der Waals surface area contributed by atoms with Gasteiger partial charge in [0, 0.05) is 5.57 Å². The molecule has 0 atom stereocenters. The van der Waals surface area contributed by atoms with E-state index in [4.69, 9.17) is 4.42 Å². The lowest BCUT2D eigenvalue weighted by Gasteiger charge is -2.00. The molecule has 3 rings (SSSR count). The second-order valence-corrected chi connectivity index (χ2v) is 4.79. The Labute approximate surface area is 113 Å². The van der Waals surface area contributed by atoms with Gasteiger partial charge in [-0.1, -0.05) is 24.3 Å². The molecule has 0 unspecified atom stereocenters. The zero-order valence-electron chi connectivity index (χ0n) is 9.39. The molecule has 2 aromatic rings. The molecule has 2 nitrogen and oxygen atoms in total. The van der Waals surface area contributed by atoms with Crippen molar-refractivity contribution in [3.63, 3.8) is 0 Å². The molecule has 0 amide bonds. The van der Waals surface area contributed by atoms with Crippen LogP contribution in [0.1, 0.15) is 16.9 Å². The van der Waals surface area contributed by atoms with Crippen molar-refractivity contribution in [3.8, 4) is 0 Å². The standard InChI is InChI=1S/C15H9BrO2/c16-15-6-5-12(18-15)8-10-7-11(9-17)14-4-2-1-3-13(10)14/h1-9H/b10-8+. The van der Waals surface area contributed by atoms with Gasteiger partial charge in [-0.2, -0.15) is 0 Å². The molecule has 0 aliphatic heterocycles. The Hall–Kier alpha value is -1.87. The van der Waals surface area contributed by atoms with Crippen LogP contribution in [0.25, 0.3) is 17.2 Å². The third-order valence-corrected chi connectivity index (χ3v) is 3.30. The SMILES string of the molecule is O=CC1=C/C(=C\c2ccc(Br)o2)c2ccccc21. The average molecular weight is 301 g/mol. The van der Waals surface area contributed by atoms with Crippen molar-refractivity contribution >= 4 is 39.4 Å². The summed E-state index contributed by atoms with van der Waals surface area (Å²) in [6.45, 7) is 0. The fourth-order valence-corrected chi connectivity index (χ4v) is 2.40. The molecule has 0 fully saturated rings. The Morgan fingerprint density at radius 1 is 1.06 bits per heavy atom. The molecule has 0 saturated carbocycles. The van der Waals surface area contributed by atoms with Crippen LogP contribution in [0.15, 0.2) is 51.6 Å². The van der Waals surface area contributed by atoms with Gasteiger partial charge in [-0.15, -0.1) is 0 Å². The molecule has 0 bridgehead atoms. The van der Waals surface area contributed by atoms with Gasteiger partial charge in [0.2, 0.25) is 0 Å². The van der Waals surface area contributed by atoms with E-state index in [1.54, 1.807) is 0 Å². The predicted molar refractivity (Wildman–Crippen MR) is 74.8 cm³/mol. The van der Waals surface area contributed by atoms with Crippen molar-refractivity contribution in [1.29, 1.82) is 0 Å². The molecule has 1 aliphatic carbocycles. The average Bonchev–Trinajstić information content (AvgIpc) is 2.95. The van der Waals surface area contributed by atoms with Crippen LogP contribution in [0.5, 0.6) is 0 Å². The van der Waals surface area contributed by atoms with Crippen LogP contribution in [0.4, 0.5) is 0 Å². The van der Waals surface area contributed by atoms with Crippen LogP contribution in [0.2, 0.25) is 0 Å². The Morgan fingerprint density at radius 3 is 2.50 bits per heavy atom. The predicted octanol–water partition coefficient (Wildman–Crippen LogP) is 4.18. The highest BCUT2D eigenvalue weighted by atomic mass is 79.9. The molecule has 0 spiro atoms. The number of aldehydes is 1. The highest BCUT2D eigenvalue weighted by Crippen LogP contribution is 2.35. The number of rotatable bonds is 2. The van der Waals surface area contributed by atoms with Gasteiger partial charge in [0.25, 0.3) is 0 Å². The van der Waals surface area contributed by atoms with Crippen LogP contribution in [-0.2, 0) is 4.79 Å². The summed E-state index contributed by atoms with van der Waals surface area (Å²) in [5, 5.41) is 0. The van der Waals surface area contributed by atoms with Crippen LogP contribution in [-0.4, -0.2) is 6.29 Å². The lowest BCUT2D eigenvalue weighted by molar-refractivity contribution is -0.103. The number of benzene rings is 1. The third kappa shape index (κ3) is 1.87. The third-order valence-electron chi connectivity index (χ3n) is 2.88. The number of hydrogen-bond acceptors (Lipinski definition) is 2. The van der Waals surface area contributed by atoms with Crippen LogP contribution in [0, 0.1) is 0 Å². The fraction of sp³-hybridized carbons (Fsp3) is 0. The largest absolute Gasteiger partial charge is 0.450 e. The Morgan fingerprint density at radius 2 is 1.83 bits per heavy atom. The van der Waals surface area contributed by atoms with E-state index in [-0.39, 0.29) is 0 Å². The van der Waals surface area contributed by atoms with Crippen molar-refractivity contribution < 1.29 is 9.21 Å². The second-order valence-electron chi connectivity index (χ2n) is 4.00. The van der Waals surface area contributed by atoms with Gasteiger partial charge in [0.15, 0.2) is 11.0 Å². The molecule has 1 aromatic carbocycles. The summed E-state index contributed by atoms with van der Waals surface area (Å²) >= 11 is 3.27. The van der Waals surface area contributed by atoms with Gasteiger partial charge in [-0.3, -0.25) is 4.79 Å². The first-order valence-electron chi connectivity index (χ1n) is 5.51. The number of fused-ring (bicyclic) bond motifs is 1. The summed E-state index contributed by atoms with van der Waals surface area (Å²) in [5.41, 5.74) is 3.74. The van der Waals surface area contributed by atoms with Crippen molar-refractivity contribution in [3.05, 3.63) is 64.0 Å². The highest BCUT2D eigenvalue weighted by Gasteiger charge is 2.17. The number of carbonyl (C=O) groups excluding carboxylic acids is 1. The first-order chi connectivity index (χ1) is 8.78. The minimum absolute atomic E-state index is 0.695. The normalized spacial score (nSPS) is 15.6.